The van der Waals surface area contributed by atoms with Gasteiger partial charge in [0.1, 0.15) is 5.75 Å². The normalized spacial score (nSPS) is 9.94. The van der Waals surface area contributed by atoms with Gasteiger partial charge < -0.3 is 10.5 Å². The van der Waals surface area contributed by atoms with Crippen LogP contribution in [0.3, 0.4) is 0 Å². The first-order valence-electron chi connectivity index (χ1n) is 5.57. The van der Waals surface area contributed by atoms with Crippen molar-refractivity contribution in [2.45, 2.75) is 26.4 Å². The standard InChI is InChI=1S/C12H17N3O2S/c1-8(2)17-10-5-3-9(4-6-10)7-11(16)14-15-12(13)18/h3-6,8H,7H2,1-2H3,(H,14,16)(H3,13,15,18). The van der Waals surface area contributed by atoms with Gasteiger partial charge in [0.15, 0.2) is 5.11 Å². The summed E-state index contributed by atoms with van der Waals surface area (Å²) in [5, 5.41) is 0.0315. The number of hydrogen-bond donors (Lipinski definition) is 3. The summed E-state index contributed by atoms with van der Waals surface area (Å²) in [6, 6.07) is 7.36. The molecule has 0 aromatic heterocycles. The largest absolute Gasteiger partial charge is 0.491 e. The predicted molar refractivity (Wildman–Crippen MR) is 74.0 cm³/mol. The molecule has 98 valence electrons. The lowest BCUT2D eigenvalue weighted by molar-refractivity contribution is -0.121. The van der Waals surface area contributed by atoms with E-state index in [1.165, 1.54) is 0 Å². The summed E-state index contributed by atoms with van der Waals surface area (Å²) in [4.78, 5) is 11.5. The third-order valence-corrected chi connectivity index (χ3v) is 2.09. The molecule has 0 aliphatic heterocycles. The number of rotatable bonds is 4. The van der Waals surface area contributed by atoms with E-state index in [1.54, 1.807) is 0 Å². The maximum atomic E-state index is 11.5. The zero-order valence-electron chi connectivity index (χ0n) is 10.4. The Hall–Kier alpha value is -1.82. The zero-order chi connectivity index (χ0) is 13.5. The molecular formula is C12H17N3O2S. The van der Waals surface area contributed by atoms with E-state index in [9.17, 15) is 4.79 Å². The molecule has 0 unspecified atom stereocenters. The van der Waals surface area contributed by atoms with Crippen LogP contribution >= 0.6 is 12.2 Å². The molecule has 0 bridgehead atoms. The number of carbonyl (C=O) groups is 1. The van der Waals surface area contributed by atoms with Crippen molar-refractivity contribution in [3.8, 4) is 5.75 Å². The van der Waals surface area contributed by atoms with Crippen LogP contribution in [-0.4, -0.2) is 17.1 Å². The van der Waals surface area contributed by atoms with Gasteiger partial charge in [0.25, 0.3) is 0 Å². The Labute approximate surface area is 112 Å². The van der Waals surface area contributed by atoms with Gasteiger partial charge in [0, 0.05) is 0 Å². The number of hydrogen-bond acceptors (Lipinski definition) is 3. The number of benzene rings is 1. The third kappa shape index (κ3) is 5.49. The second-order valence-electron chi connectivity index (χ2n) is 4.02. The number of nitrogens with two attached hydrogens (primary N) is 1. The summed E-state index contributed by atoms with van der Waals surface area (Å²) < 4.78 is 5.51. The molecule has 0 aliphatic carbocycles. The molecule has 0 heterocycles. The van der Waals surface area contributed by atoms with E-state index in [2.05, 4.69) is 23.1 Å². The summed E-state index contributed by atoms with van der Waals surface area (Å²) >= 11 is 4.57. The molecule has 6 heteroatoms. The van der Waals surface area contributed by atoms with E-state index in [0.29, 0.717) is 0 Å². The maximum absolute atomic E-state index is 11.5. The number of amides is 1. The van der Waals surface area contributed by atoms with Crippen LogP contribution in [0.5, 0.6) is 5.75 Å². The van der Waals surface area contributed by atoms with E-state index in [1.807, 2.05) is 38.1 Å². The molecule has 1 rings (SSSR count). The van der Waals surface area contributed by atoms with Crippen LogP contribution in [0.15, 0.2) is 24.3 Å². The molecule has 0 radical (unpaired) electrons. The number of ether oxygens (including phenoxy) is 1. The van der Waals surface area contributed by atoms with E-state index >= 15 is 0 Å². The molecule has 0 saturated carbocycles. The van der Waals surface area contributed by atoms with Gasteiger partial charge in [-0.3, -0.25) is 15.6 Å². The molecule has 0 saturated heterocycles. The molecule has 0 aliphatic rings. The van der Waals surface area contributed by atoms with Crippen molar-refractivity contribution in [1.29, 1.82) is 0 Å². The Morgan fingerprint density at radius 3 is 2.44 bits per heavy atom. The van der Waals surface area contributed by atoms with E-state index < -0.39 is 0 Å². The molecule has 0 atom stereocenters. The van der Waals surface area contributed by atoms with Crippen LogP contribution in [0.4, 0.5) is 0 Å². The van der Waals surface area contributed by atoms with Gasteiger partial charge in [-0.25, -0.2) is 0 Å². The van der Waals surface area contributed by atoms with E-state index in [-0.39, 0.29) is 23.5 Å². The van der Waals surface area contributed by atoms with Crippen LogP contribution in [-0.2, 0) is 11.2 Å². The summed E-state index contributed by atoms with van der Waals surface area (Å²) in [7, 11) is 0. The van der Waals surface area contributed by atoms with Crippen molar-refractivity contribution in [3.63, 3.8) is 0 Å². The summed E-state index contributed by atoms with van der Waals surface area (Å²) in [5.74, 6) is 0.579. The molecule has 5 nitrogen and oxygen atoms in total. The van der Waals surface area contributed by atoms with Gasteiger partial charge >= 0.3 is 0 Å². The predicted octanol–water partition coefficient (Wildman–Crippen LogP) is 0.881. The Bertz CT molecular complexity index is 418. The number of carbonyl (C=O) groups excluding carboxylic acids is 1. The SMILES string of the molecule is CC(C)Oc1ccc(CC(=O)NNC(N)=S)cc1. The monoisotopic (exact) mass is 267 g/mol. The van der Waals surface area contributed by atoms with Gasteiger partial charge in [-0.15, -0.1) is 0 Å². The Balaban J connectivity index is 2.48. The first-order valence-corrected chi connectivity index (χ1v) is 5.98. The van der Waals surface area contributed by atoms with Crippen molar-refractivity contribution < 1.29 is 9.53 Å². The van der Waals surface area contributed by atoms with E-state index in [0.717, 1.165) is 11.3 Å². The van der Waals surface area contributed by atoms with Crippen LogP contribution in [0, 0.1) is 0 Å². The summed E-state index contributed by atoms with van der Waals surface area (Å²) in [6.07, 6.45) is 0.381. The molecule has 4 N–H and O–H groups in total. The molecular weight excluding hydrogens is 250 g/mol. The van der Waals surface area contributed by atoms with Gasteiger partial charge in [0.2, 0.25) is 5.91 Å². The molecule has 0 spiro atoms. The lowest BCUT2D eigenvalue weighted by Crippen LogP contribution is -2.44. The highest BCUT2D eigenvalue weighted by Gasteiger charge is 2.04. The van der Waals surface area contributed by atoms with Crippen LogP contribution in [0.2, 0.25) is 0 Å². The highest BCUT2D eigenvalue weighted by molar-refractivity contribution is 7.80. The minimum Gasteiger partial charge on any atom is -0.491 e. The lowest BCUT2D eigenvalue weighted by atomic mass is 10.1. The summed E-state index contributed by atoms with van der Waals surface area (Å²) in [6.45, 7) is 3.92. The van der Waals surface area contributed by atoms with Crippen LogP contribution < -0.4 is 21.3 Å². The Morgan fingerprint density at radius 2 is 1.94 bits per heavy atom. The first-order chi connectivity index (χ1) is 8.47. The zero-order valence-corrected chi connectivity index (χ0v) is 11.2. The second kappa shape index (κ2) is 6.80. The average Bonchev–Trinajstić information content (AvgIpc) is 2.28. The third-order valence-electron chi connectivity index (χ3n) is 1.98. The fourth-order valence-electron chi connectivity index (χ4n) is 1.32. The van der Waals surface area contributed by atoms with Crippen molar-refractivity contribution >= 4 is 23.2 Å². The van der Waals surface area contributed by atoms with Gasteiger partial charge in [0.05, 0.1) is 12.5 Å². The smallest absolute Gasteiger partial charge is 0.242 e. The van der Waals surface area contributed by atoms with Gasteiger partial charge in [-0.05, 0) is 43.8 Å². The number of hydrazine groups is 1. The average molecular weight is 267 g/mol. The topological polar surface area (TPSA) is 76.4 Å². The van der Waals surface area contributed by atoms with Crippen molar-refractivity contribution in [2.24, 2.45) is 5.73 Å². The van der Waals surface area contributed by atoms with Gasteiger partial charge in [-0.1, -0.05) is 12.1 Å². The Morgan fingerprint density at radius 1 is 1.33 bits per heavy atom. The van der Waals surface area contributed by atoms with Crippen molar-refractivity contribution in [2.75, 3.05) is 0 Å². The quantitative estimate of drug-likeness (QED) is 0.558. The van der Waals surface area contributed by atoms with Crippen LogP contribution in [0.25, 0.3) is 0 Å². The lowest BCUT2D eigenvalue weighted by Gasteiger charge is -2.10. The fraction of sp³-hybridized carbons (Fsp3) is 0.333. The highest BCUT2D eigenvalue weighted by atomic mass is 32.1. The maximum Gasteiger partial charge on any atom is 0.242 e. The highest BCUT2D eigenvalue weighted by Crippen LogP contribution is 2.13. The summed E-state index contributed by atoms with van der Waals surface area (Å²) in [5.41, 5.74) is 10.9. The number of thiocarbonyl (C=S) groups is 1. The number of nitrogens with one attached hydrogen (secondary N) is 2. The molecule has 1 amide bonds. The van der Waals surface area contributed by atoms with Crippen molar-refractivity contribution in [3.05, 3.63) is 29.8 Å². The minimum absolute atomic E-state index is 0.0315. The minimum atomic E-state index is -0.208. The first kappa shape index (κ1) is 14.2. The van der Waals surface area contributed by atoms with Crippen LogP contribution in [0.1, 0.15) is 19.4 Å². The second-order valence-corrected chi connectivity index (χ2v) is 4.46. The van der Waals surface area contributed by atoms with E-state index in [4.69, 9.17) is 10.5 Å². The van der Waals surface area contributed by atoms with Gasteiger partial charge in [-0.2, -0.15) is 0 Å². The molecule has 0 fully saturated rings. The Kier molecular flexibility index (Phi) is 5.38. The van der Waals surface area contributed by atoms with Crippen molar-refractivity contribution in [1.82, 2.24) is 10.9 Å². The molecule has 1 aromatic carbocycles. The molecule has 18 heavy (non-hydrogen) atoms. The fourth-order valence-corrected chi connectivity index (χ4v) is 1.37. The molecule has 1 aromatic rings.